The smallest absolute Gasteiger partial charge is 0.251 e. The molecule has 0 aliphatic carbocycles. The fourth-order valence-corrected chi connectivity index (χ4v) is 0.851. The Morgan fingerprint density at radius 1 is 1.50 bits per heavy atom. The summed E-state index contributed by atoms with van der Waals surface area (Å²) in [6.45, 7) is 0. The third kappa shape index (κ3) is 0.965. The summed E-state index contributed by atoms with van der Waals surface area (Å²) in [6, 6.07) is 0. The Labute approximate surface area is 66.7 Å². The van der Waals surface area contributed by atoms with Crippen LogP contribution in [0.2, 0.25) is 0 Å². The van der Waals surface area contributed by atoms with Crippen LogP contribution in [0.5, 0.6) is 0 Å². The zero-order valence-corrected chi connectivity index (χ0v) is 5.97. The maximum absolute atomic E-state index is 4.84. The number of nitrogens with one attached hydrogen (secondary N) is 1. The Morgan fingerprint density at radius 3 is 3.17 bits per heavy atom. The predicted octanol–water partition coefficient (Wildman–Crippen LogP) is 0.310. The van der Waals surface area contributed by atoms with E-state index >= 15 is 0 Å². The highest BCUT2D eigenvalue weighted by molar-refractivity contribution is 5.70. The lowest BCUT2D eigenvalue weighted by molar-refractivity contribution is 1.02. The molecule has 0 amide bonds. The SMILES string of the molecule is N/N=N/c1nc2ncncc2[nH]1. The maximum Gasteiger partial charge on any atom is 0.251 e. The summed E-state index contributed by atoms with van der Waals surface area (Å²) < 4.78 is 0. The molecule has 2 heterocycles. The summed E-state index contributed by atoms with van der Waals surface area (Å²) in [7, 11) is 0. The number of nitrogens with two attached hydrogens (primary N) is 1. The second-order valence-electron chi connectivity index (χ2n) is 2.04. The first-order valence-corrected chi connectivity index (χ1v) is 3.17. The summed E-state index contributed by atoms with van der Waals surface area (Å²) in [4.78, 5) is 14.5. The summed E-state index contributed by atoms with van der Waals surface area (Å²) in [5, 5.41) is 6.60. The van der Waals surface area contributed by atoms with Crippen molar-refractivity contribution in [2.75, 3.05) is 0 Å². The molecule has 12 heavy (non-hydrogen) atoms. The van der Waals surface area contributed by atoms with Gasteiger partial charge in [0.25, 0.3) is 5.95 Å². The largest absolute Gasteiger partial charge is 0.318 e. The van der Waals surface area contributed by atoms with Gasteiger partial charge >= 0.3 is 0 Å². The summed E-state index contributed by atoms with van der Waals surface area (Å²) in [6.07, 6.45) is 3.01. The molecule has 7 nitrogen and oxygen atoms in total. The predicted molar refractivity (Wildman–Crippen MR) is 40.4 cm³/mol. The first-order chi connectivity index (χ1) is 5.90. The van der Waals surface area contributed by atoms with E-state index in [0.717, 1.165) is 0 Å². The number of hydrogen-bond donors (Lipinski definition) is 2. The molecule has 0 aromatic carbocycles. The molecule has 0 radical (unpaired) electrons. The van der Waals surface area contributed by atoms with Crippen molar-refractivity contribution in [2.45, 2.75) is 0 Å². The summed E-state index contributed by atoms with van der Waals surface area (Å²) >= 11 is 0. The topological polar surface area (TPSA) is 105 Å². The van der Waals surface area contributed by atoms with Gasteiger partial charge in [-0.3, -0.25) is 0 Å². The highest BCUT2D eigenvalue weighted by atomic mass is 15.3. The average Bonchev–Trinajstić information content (AvgIpc) is 2.47. The molecule has 0 atom stereocenters. The number of aromatic nitrogens is 4. The molecule has 0 spiro atoms. The highest BCUT2D eigenvalue weighted by Gasteiger charge is 2.00. The van der Waals surface area contributed by atoms with E-state index < -0.39 is 0 Å². The molecule has 2 aromatic rings. The van der Waals surface area contributed by atoms with Gasteiger partial charge in [0.1, 0.15) is 11.8 Å². The van der Waals surface area contributed by atoms with E-state index in [-0.39, 0.29) is 0 Å². The molecule has 0 fully saturated rings. The second kappa shape index (κ2) is 2.53. The molecule has 60 valence electrons. The average molecular weight is 163 g/mol. The number of nitrogens with zero attached hydrogens (tertiary/aromatic N) is 5. The number of aromatic amines is 1. The van der Waals surface area contributed by atoms with E-state index in [4.69, 9.17) is 5.84 Å². The lowest BCUT2D eigenvalue weighted by Crippen LogP contribution is -1.76. The number of rotatable bonds is 1. The molecule has 2 rings (SSSR count). The molecule has 0 saturated carbocycles. The first kappa shape index (κ1) is 6.65. The van der Waals surface area contributed by atoms with E-state index in [9.17, 15) is 0 Å². The fourth-order valence-electron chi connectivity index (χ4n) is 0.851. The van der Waals surface area contributed by atoms with Gasteiger partial charge in [0.2, 0.25) is 0 Å². The monoisotopic (exact) mass is 163 g/mol. The van der Waals surface area contributed by atoms with Crippen molar-refractivity contribution in [3.63, 3.8) is 0 Å². The van der Waals surface area contributed by atoms with Crippen LogP contribution in [0, 0.1) is 0 Å². The number of H-pyrrole nitrogens is 1. The van der Waals surface area contributed by atoms with Crippen LogP contribution < -0.4 is 5.84 Å². The molecule has 0 aliphatic rings. The first-order valence-electron chi connectivity index (χ1n) is 3.17. The Balaban J connectivity index is 2.62. The molecular weight excluding hydrogens is 158 g/mol. The van der Waals surface area contributed by atoms with Crippen molar-refractivity contribution in [1.82, 2.24) is 19.9 Å². The lowest BCUT2D eigenvalue weighted by Gasteiger charge is -1.79. The van der Waals surface area contributed by atoms with Gasteiger partial charge in [-0.25, -0.2) is 9.97 Å². The molecular formula is C5H5N7. The highest BCUT2D eigenvalue weighted by Crippen LogP contribution is 2.11. The minimum Gasteiger partial charge on any atom is -0.318 e. The Morgan fingerprint density at radius 2 is 2.42 bits per heavy atom. The van der Waals surface area contributed by atoms with Crippen LogP contribution in [-0.2, 0) is 0 Å². The van der Waals surface area contributed by atoms with Crippen LogP contribution in [-0.4, -0.2) is 19.9 Å². The van der Waals surface area contributed by atoms with Gasteiger partial charge in [0.15, 0.2) is 5.65 Å². The molecule has 3 N–H and O–H groups in total. The van der Waals surface area contributed by atoms with E-state index in [1.165, 1.54) is 6.33 Å². The number of hydrogen-bond acceptors (Lipinski definition) is 5. The van der Waals surface area contributed by atoms with E-state index in [1.807, 2.05) is 0 Å². The van der Waals surface area contributed by atoms with Crippen LogP contribution in [0.3, 0.4) is 0 Å². The Hall–Kier alpha value is -2.05. The van der Waals surface area contributed by atoms with E-state index in [1.54, 1.807) is 6.20 Å². The quantitative estimate of drug-likeness (QED) is 0.358. The third-order valence-corrected chi connectivity index (χ3v) is 1.30. The van der Waals surface area contributed by atoms with E-state index in [2.05, 4.69) is 30.3 Å². The Kier molecular flexibility index (Phi) is 1.40. The lowest BCUT2D eigenvalue weighted by atomic mass is 10.6. The molecule has 7 heteroatoms. The second-order valence-corrected chi connectivity index (χ2v) is 2.04. The molecule has 2 aromatic heterocycles. The molecule has 0 aliphatic heterocycles. The van der Waals surface area contributed by atoms with Gasteiger partial charge in [-0.2, -0.15) is 4.98 Å². The molecule has 0 unspecified atom stereocenters. The van der Waals surface area contributed by atoms with Crippen LogP contribution >= 0.6 is 0 Å². The third-order valence-electron chi connectivity index (χ3n) is 1.30. The van der Waals surface area contributed by atoms with Crippen LogP contribution in [0.15, 0.2) is 22.9 Å². The van der Waals surface area contributed by atoms with Crippen molar-refractivity contribution in [1.29, 1.82) is 0 Å². The zero-order chi connectivity index (χ0) is 8.39. The van der Waals surface area contributed by atoms with Crippen molar-refractivity contribution in [2.24, 2.45) is 16.2 Å². The fraction of sp³-hybridized carbons (Fsp3) is 0. The van der Waals surface area contributed by atoms with Crippen molar-refractivity contribution in [3.05, 3.63) is 12.5 Å². The van der Waals surface area contributed by atoms with Gasteiger partial charge in [0, 0.05) is 0 Å². The van der Waals surface area contributed by atoms with Crippen molar-refractivity contribution >= 4 is 17.1 Å². The van der Waals surface area contributed by atoms with Gasteiger partial charge < -0.3 is 10.8 Å². The minimum atomic E-state index is 0.327. The zero-order valence-electron chi connectivity index (χ0n) is 5.97. The van der Waals surface area contributed by atoms with Gasteiger partial charge in [-0.05, 0) is 0 Å². The maximum atomic E-state index is 4.84. The summed E-state index contributed by atoms with van der Waals surface area (Å²) in [5.41, 5.74) is 1.26. The van der Waals surface area contributed by atoms with Crippen LogP contribution in [0.4, 0.5) is 5.95 Å². The number of fused-ring (bicyclic) bond motifs is 1. The van der Waals surface area contributed by atoms with Crippen LogP contribution in [0.25, 0.3) is 11.2 Å². The minimum absolute atomic E-state index is 0.327. The van der Waals surface area contributed by atoms with E-state index in [0.29, 0.717) is 17.1 Å². The van der Waals surface area contributed by atoms with Crippen molar-refractivity contribution in [3.8, 4) is 0 Å². The summed E-state index contributed by atoms with van der Waals surface area (Å²) in [5.74, 6) is 5.17. The van der Waals surface area contributed by atoms with Gasteiger partial charge in [0.05, 0.1) is 6.20 Å². The standard InChI is InChI=1S/C5H5N7/c6-12-11-5-9-3-1-7-2-8-4(3)10-5/h1-2H,(H3,6,7,8,9,10,11). The Bertz CT molecular complexity index is 383. The molecule has 0 saturated heterocycles. The van der Waals surface area contributed by atoms with Gasteiger partial charge in [-0.15, -0.1) is 0 Å². The number of imidazole rings is 1. The van der Waals surface area contributed by atoms with Crippen molar-refractivity contribution < 1.29 is 0 Å². The van der Waals surface area contributed by atoms with Gasteiger partial charge in [-0.1, -0.05) is 10.3 Å². The normalized spacial score (nSPS) is 11.3. The molecule has 0 bridgehead atoms. The van der Waals surface area contributed by atoms with Crippen LogP contribution in [0.1, 0.15) is 0 Å².